The molecule has 204 valence electrons. The number of ketones is 1. The maximum atomic E-state index is 13.3. The molecule has 0 aromatic heterocycles. The van der Waals surface area contributed by atoms with Crippen LogP contribution in [-0.2, 0) is 26.2 Å². The Morgan fingerprint density at radius 3 is 2.55 bits per heavy atom. The fraction of sp³-hybridized carbons (Fsp3) is 0.360. The highest BCUT2D eigenvalue weighted by Gasteiger charge is 2.25. The number of fused-ring (bicyclic) bond motifs is 2. The number of rotatable bonds is 7. The van der Waals surface area contributed by atoms with Gasteiger partial charge in [-0.25, -0.2) is 8.42 Å². The summed E-state index contributed by atoms with van der Waals surface area (Å²) in [5.41, 5.74) is 12.0. The first-order valence-electron chi connectivity index (χ1n) is 12.0. The van der Waals surface area contributed by atoms with E-state index in [0.29, 0.717) is 31.4 Å². The Kier molecular flexibility index (Phi) is 9.42. The van der Waals surface area contributed by atoms with Gasteiger partial charge in [0.1, 0.15) is 12.4 Å². The highest BCUT2D eigenvalue weighted by Crippen LogP contribution is 2.27. The lowest BCUT2D eigenvalue weighted by Gasteiger charge is -2.21. The summed E-state index contributed by atoms with van der Waals surface area (Å²) in [6.07, 6.45) is 2.22. The topological polar surface area (TPSA) is 200 Å². The van der Waals surface area contributed by atoms with Crippen molar-refractivity contribution in [1.82, 2.24) is 5.32 Å². The van der Waals surface area contributed by atoms with Crippen molar-refractivity contribution in [2.75, 3.05) is 22.8 Å². The second-order valence-electron chi connectivity index (χ2n) is 8.94. The molecule has 12 nitrogen and oxygen atoms in total. The highest BCUT2D eigenvalue weighted by molar-refractivity contribution is 7.92. The number of benzene rings is 2. The van der Waals surface area contributed by atoms with Gasteiger partial charge in [-0.2, -0.15) is 0 Å². The van der Waals surface area contributed by atoms with Crippen molar-refractivity contribution in [2.24, 2.45) is 11.5 Å². The fourth-order valence-corrected chi connectivity index (χ4v) is 4.46. The number of amides is 3. The lowest BCUT2D eigenvalue weighted by atomic mass is 10.0. The molecule has 0 fully saturated rings. The van der Waals surface area contributed by atoms with E-state index in [9.17, 15) is 27.6 Å². The summed E-state index contributed by atoms with van der Waals surface area (Å²) < 4.78 is 31.7. The number of Topliss-reactive ketones (excluding diaryl/α,β-unsaturated/α-hetero) is 1. The number of hydrogen-bond donors (Lipinski definition) is 5. The van der Waals surface area contributed by atoms with Crippen molar-refractivity contribution >= 4 is 44.9 Å². The molecule has 2 aromatic rings. The van der Waals surface area contributed by atoms with Crippen LogP contribution in [0.15, 0.2) is 36.4 Å². The van der Waals surface area contributed by atoms with Gasteiger partial charge in [0.25, 0.3) is 5.91 Å². The Hall–Kier alpha value is -3.97. The third kappa shape index (κ3) is 8.02. The van der Waals surface area contributed by atoms with Gasteiger partial charge >= 0.3 is 0 Å². The van der Waals surface area contributed by atoms with E-state index in [-0.39, 0.29) is 53.5 Å². The van der Waals surface area contributed by atoms with Gasteiger partial charge in [0.2, 0.25) is 21.8 Å². The van der Waals surface area contributed by atoms with Gasteiger partial charge in [-0.05, 0) is 56.1 Å². The second kappa shape index (κ2) is 12.5. The van der Waals surface area contributed by atoms with E-state index in [0.717, 1.165) is 6.26 Å². The van der Waals surface area contributed by atoms with Crippen LogP contribution in [0.25, 0.3) is 0 Å². The first kappa shape index (κ1) is 28.6. The van der Waals surface area contributed by atoms with Crippen LogP contribution in [0, 0.1) is 0 Å². The van der Waals surface area contributed by atoms with Gasteiger partial charge in [0.15, 0.2) is 5.78 Å². The number of carbonyl (C=O) groups excluding carboxylic acids is 4. The zero-order chi connectivity index (χ0) is 27.9. The van der Waals surface area contributed by atoms with Gasteiger partial charge in [0, 0.05) is 35.3 Å². The van der Waals surface area contributed by atoms with Crippen molar-refractivity contribution in [3.63, 3.8) is 0 Å². The lowest BCUT2D eigenvalue weighted by molar-refractivity contribution is -0.124. The van der Waals surface area contributed by atoms with E-state index in [4.69, 9.17) is 16.2 Å². The fourth-order valence-electron chi connectivity index (χ4n) is 3.90. The average molecular weight is 546 g/mol. The van der Waals surface area contributed by atoms with E-state index in [2.05, 4.69) is 15.4 Å². The lowest BCUT2D eigenvalue weighted by Crippen LogP contribution is -2.41. The van der Waals surface area contributed by atoms with E-state index in [1.54, 1.807) is 6.07 Å². The number of sulfonamides is 1. The van der Waals surface area contributed by atoms with E-state index in [1.807, 2.05) is 0 Å². The Balaban J connectivity index is 2.04. The monoisotopic (exact) mass is 545 g/mol. The SMILES string of the molecule is CS(=O)(=O)Nc1ccc2c(c1)C(=O)N[C@@H](CCCCN)C(=O)CCC(=O)Nc1cc(C(N)=O)ccc1CO2. The molecule has 38 heavy (non-hydrogen) atoms. The Labute approximate surface area is 220 Å². The van der Waals surface area contributed by atoms with E-state index in [1.165, 1.54) is 30.3 Å². The third-order valence-electron chi connectivity index (χ3n) is 5.82. The number of nitrogens with two attached hydrogens (primary N) is 2. The minimum atomic E-state index is -3.63. The first-order valence-corrected chi connectivity index (χ1v) is 13.9. The Morgan fingerprint density at radius 2 is 1.87 bits per heavy atom. The molecule has 0 saturated heterocycles. The maximum absolute atomic E-state index is 13.3. The molecule has 1 aliphatic rings. The molecule has 1 heterocycles. The molecule has 7 N–H and O–H groups in total. The molecule has 0 radical (unpaired) electrons. The van der Waals surface area contributed by atoms with Crippen LogP contribution in [0.4, 0.5) is 11.4 Å². The number of unbranched alkanes of at least 4 members (excludes halogenated alkanes) is 1. The average Bonchev–Trinajstić information content (AvgIpc) is 2.84. The van der Waals surface area contributed by atoms with Crippen molar-refractivity contribution in [1.29, 1.82) is 0 Å². The molecule has 0 unspecified atom stereocenters. The molecular formula is C25H31N5O7S. The zero-order valence-electron chi connectivity index (χ0n) is 20.9. The van der Waals surface area contributed by atoms with Crippen molar-refractivity contribution in [3.8, 4) is 5.75 Å². The molecular weight excluding hydrogens is 514 g/mol. The normalized spacial score (nSPS) is 16.7. The summed E-state index contributed by atoms with van der Waals surface area (Å²) in [4.78, 5) is 50.7. The maximum Gasteiger partial charge on any atom is 0.255 e. The summed E-state index contributed by atoms with van der Waals surface area (Å²) >= 11 is 0. The number of carbonyl (C=O) groups is 4. The van der Waals surface area contributed by atoms with Crippen LogP contribution in [0.5, 0.6) is 5.75 Å². The molecule has 2 aromatic carbocycles. The predicted octanol–water partition coefficient (Wildman–Crippen LogP) is 1.26. The standard InChI is InChI=1S/C25H31N5O7S/c1-38(35,36)30-17-7-9-22-18(13-17)25(34)29-19(4-2-3-11-26)21(31)8-10-23(32)28-20-12-15(24(27)33)5-6-16(20)14-37-22/h5-7,9,12-13,19,30H,2-4,8,10-11,14,26H2,1H3,(H2,27,33)(H,28,32)(H,29,34)/t19-/m0/s1. The smallest absolute Gasteiger partial charge is 0.255 e. The van der Waals surface area contributed by atoms with Gasteiger partial charge < -0.3 is 26.8 Å². The zero-order valence-corrected chi connectivity index (χ0v) is 21.7. The summed E-state index contributed by atoms with van der Waals surface area (Å²) in [5, 5.41) is 5.42. The molecule has 3 rings (SSSR count). The van der Waals surface area contributed by atoms with Crippen molar-refractivity contribution < 1.29 is 32.3 Å². The summed E-state index contributed by atoms with van der Waals surface area (Å²) in [6, 6.07) is 7.72. The van der Waals surface area contributed by atoms with Crippen LogP contribution in [0.3, 0.4) is 0 Å². The molecule has 1 atom stereocenters. The number of primary amides is 1. The number of nitrogens with one attached hydrogen (secondary N) is 3. The molecule has 3 amide bonds. The number of anilines is 2. The first-order chi connectivity index (χ1) is 18.0. The Bertz CT molecular complexity index is 1340. The number of ether oxygens (including phenoxy) is 1. The van der Waals surface area contributed by atoms with Gasteiger partial charge in [-0.15, -0.1) is 0 Å². The molecule has 0 saturated carbocycles. The summed E-state index contributed by atoms with van der Waals surface area (Å²) in [7, 11) is -3.63. The molecule has 0 bridgehead atoms. The number of hydrogen-bond acceptors (Lipinski definition) is 8. The van der Waals surface area contributed by atoms with E-state index < -0.39 is 33.8 Å². The van der Waals surface area contributed by atoms with Crippen LogP contribution in [0.1, 0.15) is 58.4 Å². The van der Waals surface area contributed by atoms with Crippen molar-refractivity contribution in [2.45, 2.75) is 44.8 Å². The Morgan fingerprint density at radius 1 is 1.11 bits per heavy atom. The van der Waals surface area contributed by atoms with Crippen LogP contribution in [0.2, 0.25) is 0 Å². The molecule has 13 heteroatoms. The van der Waals surface area contributed by atoms with Crippen molar-refractivity contribution in [3.05, 3.63) is 53.1 Å². The minimum Gasteiger partial charge on any atom is -0.488 e. The summed E-state index contributed by atoms with van der Waals surface area (Å²) in [6.45, 7) is 0.313. The van der Waals surface area contributed by atoms with Crippen LogP contribution in [-0.4, -0.2) is 50.8 Å². The molecule has 1 aliphatic heterocycles. The third-order valence-corrected chi connectivity index (χ3v) is 6.42. The van der Waals surface area contributed by atoms with Gasteiger partial charge in [-0.1, -0.05) is 6.07 Å². The van der Waals surface area contributed by atoms with Gasteiger partial charge in [0.05, 0.1) is 17.9 Å². The second-order valence-corrected chi connectivity index (χ2v) is 10.7. The van der Waals surface area contributed by atoms with Crippen LogP contribution >= 0.6 is 0 Å². The highest BCUT2D eigenvalue weighted by atomic mass is 32.2. The molecule has 0 spiro atoms. The minimum absolute atomic E-state index is 0.00618. The van der Waals surface area contributed by atoms with Gasteiger partial charge in [-0.3, -0.25) is 23.9 Å². The van der Waals surface area contributed by atoms with E-state index >= 15 is 0 Å². The van der Waals surface area contributed by atoms with Crippen LogP contribution < -0.4 is 31.6 Å². The summed E-state index contributed by atoms with van der Waals surface area (Å²) in [5.74, 6) is -2.02. The largest absolute Gasteiger partial charge is 0.488 e. The molecule has 0 aliphatic carbocycles. The quantitative estimate of drug-likeness (QED) is 0.320. The predicted molar refractivity (Wildman–Crippen MR) is 141 cm³/mol.